The molecule has 0 bridgehead atoms. The summed E-state index contributed by atoms with van der Waals surface area (Å²) in [7, 11) is 0. The SMILES string of the molecule is CCc1cc2c(ccc3ccccc32)[nH]1. The number of hydrogen-bond acceptors (Lipinski definition) is 0. The highest BCUT2D eigenvalue weighted by atomic mass is 14.7. The van der Waals surface area contributed by atoms with Crippen LogP contribution >= 0.6 is 0 Å². The van der Waals surface area contributed by atoms with Gasteiger partial charge in [-0.3, -0.25) is 0 Å². The van der Waals surface area contributed by atoms with Crippen LogP contribution in [0.15, 0.2) is 42.5 Å². The van der Waals surface area contributed by atoms with Crippen molar-refractivity contribution in [3.63, 3.8) is 0 Å². The quantitative estimate of drug-likeness (QED) is 0.606. The minimum atomic E-state index is 1.06. The van der Waals surface area contributed by atoms with Crippen molar-refractivity contribution >= 4 is 21.7 Å². The molecule has 3 aromatic rings. The number of nitrogens with one attached hydrogen (secondary N) is 1. The monoisotopic (exact) mass is 195 g/mol. The van der Waals surface area contributed by atoms with Crippen LogP contribution in [0.25, 0.3) is 21.7 Å². The molecule has 0 aliphatic carbocycles. The molecule has 0 atom stereocenters. The summed E-state index contributed by atoms with van der Waals surface area (Å²) in [6.45, 7) is 2.17. The molecule has 0 saturated carbocycles. The van der Waals surface area contributed by atoms with Gasteiger partial charge in [-0.1, -0.05) is 37.3 Å². The summed E-state index contributed by atoms with van der Waals surface area (Å²) in [4.78, 5) is 3.44. The Hall–Kier alpha value is -1.76. The number of benzene rings is 2. The van der Waals surface area contributed by atoms with Crippen molar-refractivity contribution in [2.24, 2.45) is 0 Å². The predicted octanol–water partition coefficient (Wildman–Crippen LogP) is 3.88. The first-order chi connectivity index (χ1) is 7.38. The lowest BCUT2D eigenvalue weighted by Gasteiger charge is -1.97. The number of rotatable bonds is 1. The molecule has 0 amide bonds. The Labute approximate surface area is 88.7 Å². The van der Waals surface area contributed by atoms with Crippen LogP contribution in [0, 0.1) is 0 Å². The molecule has 1 heterocycles. The van der Waals surface area contributed by atoms with Crippen molar-refractivity contribution in [3.05, 3.63) is 48.2 Å². The van der Waals surface area contributed by atoms with Crippen LogP contribution < -0.4 is 0 Å². The molecule has 0 fully saturated rings. The molecule has 2 aromatic carbocycles. The van der Waals surface area contributed by atoms with Gasteiger partial charge in [0.1, 0.15) is 0 Å². The van der Waals surface area contributed by atoms with E-state index >= 15 is 0 Å². The summed E-state index contributed by atoms with van der Waals surface area (Å²) >= 11 is 0. The zero-order valence-corrected chi connectivity index (χ0v) is 8.75. The zero-order chi connectivity index (χ0) is 10.3. The smallest absolute Gasteiger partial charge is 0.0462 e. The first-order valence-electron chi connectivity index (χ1n) is 5.38. The zero-order valence-electron chi connectivity index (χ0n) is 8.75. The Morgan fingerprint density at radius 2 is 1.87 bits per heavy atom. The average Bonchev–Trinajstić information content (AvgIpc) is 2.72. The van der Waals surface area contributed by atoms with Gasteiger partial charge in [-0.25, -0.2) is 0 Å². The second-order valence-corrected chi connectivity index (χ2v) is 3.90. The van der Waals surface area contributed by atoms with Crippen molar-refractivity contribution in [2.75, 3.05) is 0 Å². The largest absolute Gasteiger partial charge is 0.358 e. The Balaban J connectivity index is 2.47. The summed E-state index contributed by atoms with van der Waals surface area (Å²) in [6.07, 6.45) is 1.06. The van der Waals surface area contributed by atoms with Crippen molar-refractivity contribution in [3.8, 4) is 0 Å². The molecule has 0 saturated heterocycles. The maximum Gasteiger partial charge on any atom is 0.0462 e. The van der Waals surface area contributed by atoms with Crippen LogP contribution in [-0.4, -0.2) is 4.98 Å². The highest BCUT2D eigenvalue weighted by Crippen LogP contribution is 2.25. The van der Waals surface area contributed by atoms with Crippen LogP contribution in [0.2, 0.25) is 0 Å². The van der Waals surface area contributed by atoms with Crippen LogP contribution in [-0.2, 0) is 6.42 Å². The number of aryl methyl sites for hydroxylation is 1. The maximum atomic E-state index is 3.44. The third-order valence-corrected chi connectivity index (χ3v) is 2.97. The van der Waals surface area contributed by atoms with Crippen molar-refractivity contribution < 1.29 is 0 Å². The Morgan fingerprint density at radius 1 is 1.00 bits per heavy atom. The van der Waals surface area contributed by atoms with E-state index in [1.807, 2.05) is 0 Å². The van der Waals surface area contributed by atoms with E-state index in [4.69, 9.17) is 0 Å². The molecule has 1 heteroatoms. The first-order valence-corrected chi connectivity index (χ1v) is 5.38. The molecule has 1 nitrogen and oxygen atoms in total. The standard InChI is InChI=1S/C14H13N/c1-2-11-9-13-12-6-4-3-5-10(12)7-8-14(13)15-11/h3-9,15H,2H2,1H3. The summed E-state index contributed by atoms with van der Waals surface area (Å²) in [5, 5.41) is 3.99. The fraction of sp³-hybridized carbons (Fsp3) is 0.143. The van der Waals surface area contributed by atoms with Gasteiger partial charge in [0.15, 0.2) is 0 Å². The molecule has 0 unspecified atom stereocenters. The third-order valence-electron chi connectivity index (χ3n) is 2.97. The number of fused-ring (bicyclic) bond motifs is 3. The van der Waals surface area contributed by atoms with E-state index < -0.39 is 0 Å². The van der Waals surface area contributed by atoms with Gasteiger partial charge in [-0.15, -0.1) is 0 Å². The van der Waals surface area contributed by atoms with E-state index in [1.54, 1.807) is 0 Å². The normalized spacial score (nSPS) is 11.3. The minimum absolute atomic E-state index is 1.06. The van der Waals surface area contributed by atoms with Crippen LogP contribution in [0.5, 0.6) is 0 Å². The van der Waals surface area contributed by atoms with Crippen molar-refractivity contribution in [2.45, 2.75) is 13.3 Å². The molecule has 0 spiro atoms. The summed E-state index contributed by atoms with van der Waals surface area (Å²) in [5.74, 6) is 0. The minimum Gasteiger partial charge on any atom is -0.358 e. The summed E-state index contributed by atoms with van der Waals surface area (Å²) in [6, 6.07) is 15.1. The van der Waals surface area contributed by atoms with Gasteiger partial charge in [-0.05, 0) is 29.3 Å². The molecule has 1 aromatic heterocycles. The van der Waals surface area contributed by atoms with Gasteiger partial charge in [0, 0.05) is 16.6 Å². The third kappa shape index (κ3) is 1.23. The second-order valence-electron chi connectivity index (χ2n) is 3.90. The Kier molecular flexibility index (Phi) is 1.78. The Morgan fingerprint density at radius 3 is 2.73 bits per heavy atom. The molecule has 1 N–H and O–H groups in total. The van der Waals surface area contributed by atoms with E-state index in [-0.39, 0.29) is 0 Å². The van der Waals surface area contributed by atoms with E-state index in [0.717, 1.165) is 6.42 Å². The molecule has 0 aliphatic rings. The fourth-order valence-corrected chi connectivity index (χ4v) is 2.13. The molecule has 74 valence electrons. The number of hydrogen-bond donors (Lipinski definition) is 1. The predicted molar refractivity (Wildman–Crippen MR) is 65.2 cm³/mol. The van der Waals surface area contributed by atoms with Gasteiger partial charge in [0.05, 0.1) is 0 Å². The molecule has 15 heavy (non-hydrogen) atoms. The average molecular weight is 195 g/mol. The highest BCUT2D eigenvalue weighted by Gasteiger charge is 2.02. The number of aromatic amines is 1. The summed E-state index contributed by atoms with van der Waals surface area (Å²) < 4.78 is 0. The molecule has 0 aliphatic heterocycles. The molecular formula is C14H13N. The lowest BCUT2D eigenvalue weighted by molar-refractivity contribution is 1.07. The van der Waals surface area contributed by atoms with Gasteiger partial charge >= 0.3 is 0 Å². The van der Waals surface area contributed by atoms with Crippen LogP contribution in [0.1, 0.15) is 12.6 Å². The van der Waals surface area contributed by atoms with E-state index in [9.17, 15) is 0 Å². The topological polar surface area (TPSA) is 15.8 Å². The number of H-pyrrole nitrogens is 1. The Bertz CT molecular complexity index is 619. The molecule has 3 rings (SSSR count). The fourth-order valence-electron chi connectivity index (χ4n) is 2.13. The van der Waals surface area contributed by atoms with Gasteiger partial charge in [0.2, 0.25) is 0 Å². The lowest BCUT2D eigenvalue weighted by Crippen LogP contribution is -1.75. The van der Waals surface area contributed by atoms with Crippen LogP contribution in [0.4, 0.5) is 0 Å². The molecular weight excluding hydrogens is 182 g/mol. The van der Waals surface area contributed by atoms with Gasteiger partial charge in [-0.2, -0.15) is 0 Å². The summed E-state index contributed by atoms with van der Waals surface area (Å²) in [5.41, 5.74) is 2.55. The van der Waals surface area contributed by atoms with Crippen molar-refractivity contribution in [1.29, 1.82) is 0 Å². The highest BCUT2D eigenvalue weighted by molar-refractivity contribution is 6.06. The van der Waals surface area contributed by atoms with E-state index in [1.165, 1.54) is 27.4 Å². The van der Waals surface area contributed by atoms with E-state index in [0.29, 0.717) is 0 Å². The maximum absolute atomic E-state index is 3.44. The number of aromatic nitrogens is 1. The van der Waals surface area contributed by atoms with Gasteiger partial charge in [0.25, 0.3) is 0 Å². The van der Waals surface area contributed by atoms with Crippen molar-refractivity contribution in [1.82, 2.24) is 4.98 Å². The molecule has 0 radical (unpaired) electrons. The second kappa shape index (κ2) is 3.13. The van der Waals surface area contributed by atoms with Crippen LogP contribution in [0.3, 0.4) is 0 Å². The van der Waals surface area contributed by atoms with E-state index in [2.05, 4.69) is 54.4 Å². The lowest BCUT2D eigenvalue weighted by atomic mass is 10.1. The first kappa shape index (κ1) is 8.54. The van der Waals surface area contributed by atoms with Gasteiger partial charge < -0.3 is 4.98 Å².